The van der Waals surface area contributed by atoms with Crippen molar-refractivity contribution in [3.8, 4) is 0 Å². The van der Waals surface area contributed by atoms with E-state index in [1.54, 1.807) is 5.57 Å². The Morgan fingerprint density at radius 3 is 2.80 bits per heavy atom. The van der Waals surface area contributed by atoms with Crippen LogP contribution in [0.25, 0.3) is 0 Å². The summed E-state index contributed by atoms with van der Waals surface area (Å²) in [7, 11) is 0. The highest BCUT2D eigenvalue weighted by molar-refractivity contribution is 5.33. The molecule has 0 radical (unpaired) electrons. The number of hydrogen-bond donors (Lipinski definition) is 0. The molecule has 0 heteroatoms. The summed E-state index contributed by atoms with van der Waals surface area (Å²) in [6.07, 6.45) is 17.9. The maximum Gasteiger partial charge on any atom is -0.00336 e. The fraction of sp³-hybridized carbons (Fsp3) is 0.467. The van der Waals surface area contributed by atoms with Crippen molar-refractivity contribution in [1.82, 2.24) is 0 Å². The molecule has 3 aliphatic rings. The second kappa shape index (κ2) is 3.52. The molecule has 0 aromatic carbocycles. The van der Waals surface area contributed by atoms with Crippen LogP contribution in [0.4, 0.5) is 0 Å². The summed E-state index contributed by atoms with van der Waals surface area (Å²) in [5.41, 5.74) is 1.57. The van der Waals surface area contributed by atoms with Gasteiger partial charge in [-0.1, -0.05) is 36.5 Å². The van der Waals surface area contributed by atoms with Gasteiger partial charge in [-0.2, -0.15) is 0 Å². The molecule has 0 aromatic rings. The van der Waals surface area contributed by atoms with Gasteiger partial charge in [-0.3, -0.25) is 0 Å². The van der Waals surface area contributed by atoms with E-state index in [1.165, 1.54) is 19.3 Å². The topological polar surface area (TPSA) is 0 Å². The smallest absolute Gasteiger partial charge is 0.00336 e. The Labute approximate surface area is 92.1 Å². The van der Waals surface area contributed by atoms with Crippen LogP contribution in [0.5, 0.6) is 0 Å². The highest BCUT2D eigenvalue weighted by Crippen LogP contribution is 2.51. The predicted octanol–water partition coefficient (Wildman–Crippen LogP) is 3.89. The molecule has 3 unspecified atom stereocenters. The van der Waals surface area contributed by atoms with Gasteiger partial charge in [0.1, 0.15) is 0 Å². The van der Waals surface area contributed by atoms with Crippen molar-refractivity contribution in [3.63, 3.8) is 0 Å². The van der Waals surface area contributed by atoms with Crippen molar-refractivity contribution in [2.45, 2.75) is 19.3 Å². The third-order valence-electron chi connectivity index (χ3n) is 4.20. The van der Waals surface area contributed by atoms with E-state index in [-0.39, 0.29) is 0 Å². The highest BCUT2D eigenvalue weighted by atomic mass is 14.5. The Hall–Kier alpha value is -1.04. The first-order chi connectivity index (χ1) is 7.40. The molecule has 0 N–H and O–H groups in total. The summed E-state index contributed by atoms with van der Waals surface area (Å²) in [5.74, 6) is 2.98. The summed E-state index contributed by atoms with van der Waals surface area (Å²) in [5, 5.41) is 0. The summed E-state index contributed by atoms with van der Waals surface area (Å²) >= 11 is 0. The van der Waals surface area contributed by atoms with E-state index in [4.69, 9.17) is 0 Å². The zero-order valence-corrected chi connectivity index (χ0v) is 9.10. The molecule has 0 spiro atoms. The minimum Gasteiger partial charge on any atom is -0.103 e. The maximum absolute atomic E-state index is 4.02. The van der Waals surface area contributed by atoms with E-state index in [1.807, 2.05) is 0 Å². The normalized spacial score (nSPS) is 42.0. The van der Waals surface area contributed by atoms with E-state index in [2.05, 4.69) is 43.0 Å². The molecule has 2 bridgehead atoms. The SMILES string of the molecule is C=CC1C(C2=CCCC=C2)C2C=C[C@H]1C2. The van der Waals surface area contributed by atoms with Crippen molar-refractivity contribution < 1.29 is 0 Å². The van der Waals surface area contributed by atoms with Crippen molar-refractivity contribution in [3.05, 3.63) is 48.6 Å². The Morgan fingerprint density at radius 1 is 1.20 bits per heavy atom. The first kappa shape index (κ1) is 9.21. The second-order valence-corrected chi connectivity index (χ2v) is 4.97. The second-order valence-electron chi connectivity index (χ2n) is 4.97. The average molecular weight is 198 g/mol. The van der Waals surface area contributed by atoms with E-state index in [0.29, 0.717) is 5.92 Å². The molecule has 0 aliphatic heterocycles. The number of allylic oxidation sites excluding steroid dienone is 7. The Bertz CT molecular complexity index is 356. The van der Waals surface area contributed by atoms with Gasteiger partial charge in [0.25, 0.3) is 0 Å². The van der Waals surface area contributed by atoms with Crippen molar-refractivity contribution in [2.75, 3.05) is 0 Å². The fourth-order valence-electron chi connectivity index (χ4n) is 3.53. The molecule has 0 amide bonds. The quantitative estimate of drug-likeness (QED) is 0.590. The van der Waals surface area contributed by atoms with E-state index >= 15 is 0 Å². The zero-order valence-electron chi connectivity index (χ0n) is 9.10. The van der Waals surface area contributed by atoms with Crippen molar-refractivity contribution in [2.24, 2.45) is 23.7 Å². The molecule has 1 saturated carbocycles. The third kappa shape index (κ3) is 1.35. The highest BCUT2D eigenvalue weighted by Gasteiger charge is 2.43. The number of fused-ring (bicyclic) bond motifs is 2. The van der Waals surface area contributed by atoms with Gasteiger partial charge in [-0.25, -0.2) is 0 Å². The van der Waals surface area contributed by atoms with Gasteiger partial charge >= 0.3 is 0 Å². The molecule has 78 valence electrons. The molecule has 0 aromatic heterocycles. The van der Waals surface area contributed by atoms with Crippen LogP contribution in [-0.2, 0) is 0 Å². The lowest BCUT2D eigenvalue weighted by Crippen LogP contribution is -2.19. The molecule has 0 nitrogen and oxygen atoms in total. The Morgan fingerprint density at radius 2 is 2.07 bits per heavy atom. The van der Waals surface area contributed by atoms with E-state index < -0.39 is 0 Å². The molecule has 3 rings (SSSR count). The van der Waals surface area contributed by atoms with Crippen LogP contribution >= 0.6 is 0 Å². The standard InChI is InChI=1S/C15H18/c1-2-14-12-8-9-13(10-12)15(14)11-6-4-3-5-7-11/h2,4,6-9,12-15H,1,3,5,10H2/t12-,13?,14?,15?/m0/s1. The Kier molecular flexibility index (Phi) is 2.16. The van der Waals surface area contributed by atoms with Gasteiger partial charge in [-0.05, 0) is 48.5 Å². The molecular formula is C15H18. The number of rotatable bonds is 2. The minimum atomic E-state index is 0.689. The molecule has 3 aliphatic carbocycles. The first-order valence-electron chi connectivity index (χ1n) is 6.07. The first-order valence-corrected chi connectivity index (χ1v) is 6.07. The van der Waals surface area contributed by atoms with Crippen LogP contribution in [0, 0.1) is 23.7 Å². The van der Waals surface area contributed by atoms with Gasteiger partial charge in [0, 0.05) is 0 Å². The largest absolute Gasteiger partial charge is 0.103 e. The summed E-state index contributed by atoms with van der Waals surface area (Å²) in [6.45, 7) is 4.02. The van der Waals surface area contributed by atoms with Crippen LogP contribution < -0.4 is 0 Å². The molecule has 4 atom stereocenters. The molecule has 0 saturated heterocycles. The van der Waals surface area contributed by atoms with Gasteiger partial charge in [0.2, 0.25) is 0 Å². The van der Waals surface area contributed by atoms with Crippen LogP contribution in [0.1, 0.15) is 19.3 Å². The van der Waals surface area contributed by atoms with Crippen LogP contribution in [-0.4, -0.2) is 0 Å². The van der Waals surface area contributed by atoms with Gasteiger partial charge in [0.05, 0.1) is 0 Å². The lowest BCUT2D eigenvalue weighted by Gasteiger charge is -2.27. The molecule has 0 heterocycles. The predicted molar refractivity (Wildman–Crippen MR) is 64.4 cm³/mol. The van der Waals surface area contributed by atoms with Gasteiger partial charge in [-0.15, -0.1) is 6.58 Å². The fourth-order valence-corrected chi connectivity index (χ4v) is 3.53. The van der Waals surface area contributed by atoms with Crippen molar-refractivity contribution >= 4 is 0 Å². The Balaban J connectivity index is 1.91. The van der Waals surface area contributed by atoms with Crippen molar-refractivity contribution in [1.29, 1.82) is 0 Å². The monoisotopic (exact) mass is 198 g/mol. The summed E-state index contributed by atoms with van der Waals surface area (Å²) in [4.78, 5) is 0. The van der Waals surface area contributed by atoms with Crippen LogP contribution in [0.3, 0.4) is 0 Å². The number of hydrogen-bond acceptors (Lipinski definition) is 0. The van der Waals surface area contributed by atoms with E-state index in [9.17, 15) is 0 Å². The van der Waals surface area contributed by atoms with Gasteiger partial charge < -0.3 is 0 Å². The molecular weight excluding hydrogens is 180 g/mol. The van der Waals surface area contributed by atoms with E-state index in [0.717, 1.165) is 17.8 Å². The summed E-state index contributed by atoms with van der Waals surface area (Å²) < 4.78 is 0. The molecule has 15 heavy (non-hydrogen) atoms. The summed E-state index contributed by atoms with van der Waals surface area (Å²) in [6, 6.07) is 0. The molecule has 1 fully saturated rings. The average Bonchev–Trinajstić information content (AvgIpc) is 2.89. The lowest BCUT2D eigenvalue weighted by atomic mass is 9.77. The zero-order chi connectivity index (χ0) is 10.3. The van der Waals surface area contributed by atoms with Crippen LogP contribution in [0.15, 0.2) is 48.6 Å². The minimum absolute atomic E-state index is 0.689. The lowest BCUT2D eigenvalue weighted by molar-refractivity contribution is 0.431. The maximum atomic E-state index is 4.02. The van der Waals surface area contributed by atoms with Crippen LogP contribution in [0.2, 0.25) is 0 Å². The van der Waals surface area contributed by atoms with Gasteiger partial charge in [0.15, 0.2) is 0 Å². The third-order valence-corrected chi connectivity index (χ3v) is 4.20.